The van der Waals surface area contributed by atoms with Crippen molar-refractivity contribution in [1.82, 2.24) is 9.97 Å². The Morgan fingerprint density at radius 2 is 2.27 bits per heavy atom. The summed E-state index contributed by atoms with van der Waals surface area (Å²) >= 11 is 0. The minimum absolute atomic E-state index is 0.502. The molecular weight excluding hydrogens is 158 g/mol. The highest BCUT2D eigenvalue weighted by atomic mass is 19.1. The molecule has 1 rings (SSSR count). The summed E-state index contributed by atoms with van der Waals surface area (Å²) < 4.78 is 27.4. The summed E-state index contributed by atoms with van der Waals surface area (Å²) in [4.78, 5) is 15.9. The van der Waals surface area contributed by atoms with Gasteiger partial charge in [-0.15, -0.1) is 4.39 Å². The van der Waals surface area contributed by atoms with Gasteiger partial charge in [0.25, 0.3) is 0 Å². The van der Waals surface area contributed by atoms with E-state index in [1.807, 2.05) is 0 Å². The first-order valence-corrected chi connectivity index (χ1v) is 2.53. The van der Waals surface area contributed by atoms with E-state index in [2.05, 4.69) is 14.7 Å². The molecule has 0 aliphatic carbocycles. The van der Waals surface area contributed by atoms with Crippen LogP contribution in [-0.4, -0.2) is 16.2 Å². The molecule has 0 aliphatic rings. The molecule has 0 atom stereocenters. The minimum atomic E-state index is -2.05. The number of hydrogen-bond donors (Lipinski definition) is 0. The number of hydrogen-bond acceptors (Lipinski definition) is 4. The van der Waals surface area contributed by atoms with Crippen molar-refractivity contribution in [3.8, 4) is 5.88 Å². The van der Waals surface area contributed by atoms with Crippen LogP contribution < -0.4 is 4.74 Å². The number of halogens is 2. The molecule has 58 valence electrons. The highest BCUT2D eigenvalue weighted by Crippen LogP contribution is 2.04. The van der Waals surface area contributed by atoms with Crippen molar-refractivity contribution in [3.63, 3.8) is 0 Å². The van der Waals surface area contributed by atoms with Crippen molar-refractivity contribution in [2.24, 2.45) is 0 Å². The zero-order valence-corrected chi connectivity index (χ0v) is 5.12. The minimum Gasteiger partial charge on any atom is -0.380 e. The van der Waals surface area contributed by atoms with Crippen molar-refractivity contribution in [3.05, 3.63) is 18.3 Å². The van der Waals surface area contributed by atoms with Crippen molar-refractivity contribution < 1.29 is 18.3 Å². The van der Waals surface area contributed by atoms with Crippen LogP contribution in [0.1, 0.15) is 0 Å². The highest BCUT2D eigenvalue weighted by molar-refractivity contribution is 5.61. The Hall–Kier alpha value is -1.59. The number of rotatable bonds is 1. The van der Waals surface area contributed by atoms with Gasteiger partial charge in [-0.05, 0) is 0 Å². The molecule has 0 spiro atoms. The van der Waals surface area contributed by atoms with E-state index in [9.17, 15) is 13.6 Å². The van der Waals surface area contributed by atoms with Crippen LogP contribution in [0.3, 0.4) is 0 Å². The van der Waals surface area contributed by atoms with Gasteiger partial charge in [-0.2, -0.15) is 9.37 Å². The zero-order valence-electron chi connectivity index (χ0n) is 5.12. The molecule has 1 heterocycles. The second kappa shape index (κ2) is 3.00. The van der Waals surface area contributed by atoms with Gasteiger partial charge in [0, 0.05) is 0 Å². The van der Waals surface area contributed by atoms with Gasteiger partial charge < -0.3 is 4.74 Å². The van der Waals surface area contributed by atoms with Gasteiger partial charge in [0.2, 0.25) is 11.8 Å². The fourth-order valence-corrected chi connectivity index (χ4v) is 0.457. The van der Waals surface area contributed by atoms with E-state index in [0.29, 0.717) is 0 Å². The van der Waals surface area contributed by atoms with Crippen molar-refractivity contribution in [2.75, 3.05) is 0 Å². The van der Waals surface area contributed by atoms with E-state index < -0.39 is 18.1 Å². The lowest BCUT2D eigenvalue weighted by molar-refractivity contribution is 0.173. The average molecular weight is 160 g/mol. The topological polar surface area (TPSA) is 52.1 Å². The van der Waals surface area contributed by atoms with Crippen LogP contribution in [0.15, 0.2) is 12.4 Å². The van der Waals surface area contributed by atoms with Gasteiger partial charge in [-0.1, -0.05) is 0 Å². The largest absolute Gasteiger partial charge is 0.502 e. The molecule has 0 saturated carbocycles. The van der Waals surface area contributed by atoms with Gasteiger partial charge in [0.15, 0.2) is 0 Å². The van der Waals surface area contributed by atoms with E-state index in [0.717, 1.165) is 12.4 Å². The molecule has 0 radical (unpaired) electrons. The molecule has 6 heteroatoms. The van der Waals surface area contributed by atoms with Crippen molar-refractivity contribution in [1.29, 1.82) is 0 Å². The lowest BCUT2D eigenvalue weighted by Crippen LogP contribution is -2.00. The van der Waals surface area contributed by atoms with Gasteiger partial charge in [0.05, 0.1) is 12.4 Å². The molecule has 0 aromatic carbocycles. The number of carbonyl (C=O) groups excluding carboxylic acids is 1. The standard InChI is InChI=1S/C5H2F2N2O2/c6-3-1-8-2-4(9-3)11-5(7)10/h1-2H. The smallest absolute Gasteiger partial charge is 0.380 e. The van der Waals surface area contributed by atoms with Gasteiger partial charge in [0.1, 0.15) is 0 Å². The Balaban J connectivity index is 2.79. The monoisotopic (exact) mass is 160 g/mol. The van der Waals surface area contributed by atoms with Crippen LogP contribution in [0, 0.1) is 5.95 Å². The average Bonchev–Trinajstić information content (AvgIpc) is 1.85. The Labute approximate surface area is 59.8 Å². The lowest BCUT2D eigenvalue weighted by Gasteiger charge is -1.94. The first-order valence-electron chi connectivity index (χ1n) is 2.53. The molecule has 0 amide bonds. The van der Waals surface area contributed by atoms with Crippen LogP contribution in [-0.2, 0) is 0 Å². The number of ether oxygens (including phenoxy) is 1. The van der Waals surface area contributed by atoms with Gasteiger partial charge >= 0.3 is 6.22 Å². The maximum atomic E-state index is 12.1. The van der Waals surface area contributed by atoms with Gasteiger partial charge in [-0.3, -0.25) is 4.98 Å². The highest BCUT2D eigenvalue weighted by Gasteiger charge is 2.03. The quantitative estimate of drug-likeness (QED) is 0.577. The van der Waals surface area contributed by atoms with E-state index in [4.69, 9.17) is 0 Å². The normalized spacial score (nSPS) is 9.27. The van der Waals surface area contributed by atoms with E-state index in [-0.39, 0.29) is 0 Å². The van der Waals surface area contributed by atoms with E-state index in [1.165, 1.54) is 0 Å². The second-order valence-electron chi connectivity index (χ2n) is 1.52. The van der Waals surface area contributed by atoms with Gasteiger partial charge in [-0.25, -0.2) is 4.79 Å². The predicted octanol–water partition coefficient (Wildman–Crippen LogP) is 1.08. The number of aromatic nitrogens is 2. The Morgan fingerprint density at radius 3 is 2.82 bits per heavy atom. The number of nitrogens with zero attached hydrogens (tertiary/aromatic N) is 2. The van der Waals surface area contributed by atoms with Crippen LogP contribution in [0.4, 0.5) is 13.6 Å². The van der Waals surface area contributed by atoms with Crippen LogP contribution in [0.2, 0.25) is 0 Å². The third-order valence-electron chi connectivity index (χ3n) is 0.768. The first kappa shape index (κ1) is 7.52. The summed E-state index contributed by atoms with van der Waals surface area (Å²) in [5, 5.41) is 0. The fourth-order valence-electron chi connectivity index (χ4n) is 0.457. The maximum Gasteiger partial charge on any atom is 0.502 e. The Kier molecular flexibility index (Phi) is 2.05. The summed E-state index contributed by atoms with van der Waals surface area (Å²) in [6.45, 7) is 0. The SMILES string of the molecule is O=C(F)Oc1cncc(F)n1. The molecule has 0 saturated heterocycles. The predicted molar refractivity (Wildman–Crippen MR) is 29.1 cm³/mol. The summed E-state index contributed by atoms with van der Waals surface area (Å²) in [5.41, 5.74) is 0. The third-order valence-corrected chi connectivity index (χ3v) is 0.768. The first-order chi connectivity index (χ1) is 5.18. The van der Waals surface area contributed by atoms with Crippen LogP contribution in [0.25, 0.3) is 0 Å². The summed E-state index contributed by atoms with van der Waals surface area (Å²) in [7, 11) is 0. The number of carbonyl (C=O) groups is 1. The molecule has 0 fully saturated rings. The third kappa shape index (κ3) is 2.24. The fraction of sp³-hybridized carbons (Fsp3) is 0. The van der Waals surface area contributed by atoms with E-state index >= 15 is 0 Å². The zero-order chi connectivity index (χ0) is 8.27. The molecule has 11 heavy (non-hydrogen) atoms. The summed E-state index contributed by atoms with van der Waals surface area (Å²) in [6, 6.07) is 0. The summed E-state index contributed by atoms with van der Waals surface area (Å²) in [6.07, 6.45) is -0.333. The molecular formula is C5H2F2N2O2. The molecule has 4 nitrogen and oxygen atoms in total. The van der Waals surface area contributed by atoms with Crippen LogP contribution in [0.5, 0.6) is 5.88 Å². The Bertz CT molecular complexity index is 279. The molecule has 0 aliphatic heterocycles. The lowest BCUT2D eigenvalue weighted by atomic mass is 10.7. The Morgan fingerprint density at radius 1 is 1.55 bits per heavy atom. The molecule has 1 aromatic heterocycles. The molecule has 1 aromatic rings. The second-order valence-corrected chi connectivity index (χ2v) is 1.52. The van der Waals surface area contributed by atoms with E-state index in [1.54, 1.807) is 0 Å². The molecule has 0 unspecified atom stereocenters. The molecule has 0 bridgehead atoms. The van der Waals surface area contributed by atoms with Crippen molar-refractivity contribution >= 4 is 6.22 Å². The molecule has 0 N–H and O–H groups in total. The van der Waals surface area contributed by atoms with Crippen LogP contribution >= 0.6 is 0 Å². The maximum absolute atomic E-state index is 12.1. The van der Waals surface area contributed by atoms with Crippen molar-refractivity contribution in [2.45, 2.75) is 0 Å². The summed E-state index contributed by atoms with van der Waals surface area (Å²) in [5.74, 6) is -1.44.